The van der Waals surface area contributed by atoms with Crippen LogP contribution in [0.3, 0.4) is 0 Å². The molecule has 5 heteroatoms. The van der Waals surface area contributed by atoms with Crippen molar-refractivity contribution in [2.45, 2.75) is 25.7 Å². The zero-order valence-corrected chi connectivity index (χ0v) is 14.0. The van der Waals surface area contributed by atoms with Crippen LogP contribution in [0.2, 0.25) is 0 Å². The van der Waals surface area contributed by atoms with Crippen molar-refractivity contribution in [2.75, 3.05) is 25.5 Å². The van der Waals surface area contributed by atoms with E-state index in [2.05, 4.69) is 10.3 Å². The van der Waals surface area contributed by atoms with Crippen molar-refractivity contribution in [3.63, 3.8) is 0 Å². The van der Waals surface area contributed by atoms with Gasteiger partial charge in [0.15, 0.2) is 0 Å². The van der Waals surface area contributed by atoms with E-state index in [9.17, 15) is 4.79 Å². The van der Waals surface area contributed by atoms with Crippen LogP contribution in [0.15, 0.2) is 42.6 Å². The molecule has 2 heterocycles. The minimum absolute atomic E-state index is 0.0196. The number of anilines is 2. The fourth-order valence-corrected chi connectivity index (χ4v) is 2.93. The molecule has 1 N–H and O–H groups in total. The van der Waals surface area contributed by atoms with E-state index < -0.39 is 0 Å². The third-order valence-electron chi connectivity index (χ3n) is 4.23. The quantitative estimate of drug-likeness (QED) is 0.927. The number of benzene rings is 1. The summed E-state index contributed by atoms with van der Waals surface area (Å²) >= 11 is 0. The number of nitrogens with one attached hydrogen (secondary N) is 1. The number of aromatic nitrogens is 1. The Balaban J connectivity index is 1.74. The standard InChI is InChI=1S/C19H23N3O2/c1-24-17-8-6-7-15(13-17)21-16-9-10-20-18(14-16)19(23)22-11-4-2-3-5-12-22/h6-10,13-14H,2-5,11-12H2,1H3,(H,20,21). The molecule has 0 bridgehead atoms. The van der Waals surface area contributed by atoms with E-state index >= 15 is 0 Å². The Bertz CT molecular complexity index is 695. The number of hydrogen-bond donors (Lipinski definition) is 1. The molecule has 2 aromatic rings. The highest BCUT2D eigenvalue weighted by molar-refractivity contribution is 5.93. The average molecular weight is 325 g/mol. The number of carbonyl (C=O) groups is 1. The molecular weight excluding hydrogens is 302 g/mol. The highest BCUT2D eigenvalue weighted by atomic mass is 16.5. The summed E-state index contributed by atoms with van der Waals surface area (Å²) in [6.07, 6.45) is 6.23. The minimum Gasteiger partial charge on any atom is -0.497 e. The van der Waals surface area contributed by atoms with Crippen LogP contribution in [-0.4, -0.2) is 36.0 Å². The fraction of sp³-hybridized carbons (Fsp3) is 0.368. The smallest absolute Gasteiger partial charge is 0.272 e. The maximum Gasteiger partial charge on any atom is 0.272 e. The Morgan fingerprint density at radius 3 is 2.58 bits per heavy atom. The van der Waals surface area contributed by atoms with Gasteiger partial charge in [0.05, 0.1) is 7.11 Å². The van der Waals surface area contributed by atoms with Crippen LogP contribution in [0.25, 0.3) is 0 Å². The lowest BCUT2D eigenvalue weighted by Gasteiger charge is -2.20. The van der Waals surface area contributed by atoms with Crippen LogP contribution in [0.5, 0.6) is 5.75 Å². The molecule has 126 valence electrons. The van der Waals surface area contributed by atoms with Gasteiger partial charge in [-0.15, -0.1) is 0 Å². The van der Waals surface area contributed by atoms with Gasteiger partial charge in [-0.05, 0) is 37.1 Å². The largest absolute Gasteiger partial charge is 0.497 e. The zero-order chi connectivity index (χ0) is 16.8. The second-order valence-corrected chi connectivity index (χ2v) is 5.99. The fourth-order valence-electron chi connectivity index (χ4n) is 2.93. The topological polar surface area (TPSA) is 54.5 Å². The number of nitrogens with zero attached hydrogens (tertiary/aromatic N) is 2. The van der Waals surface area contributed by atoms with Gasteiger partial charge in [-0.2, -0.15) is 0 Å². The van der Waals surface area contributed by atoms with Crippen LogP contribution < -0.4 is 10.1 Å². The van der Waals surface area contributed by atoms with Gasteiger partial charge in [0.25, 0.3) is 5.91 Å². The van der Waals surface area contributed by atoms with E-state index in [1.54, 1.807) is 13.3 Å². The van der Waals surface area contributed by atoms with E-state index in [1.807, 2.05) is 41.3 Å². The first-order chi connectivity index (χ1) is 11.8. The highest BCUT2D eigenvalue weighted by Gasteiger charge is 2.18. The molecule has 1 aliphatic rings. The molecule has 0 atom stereocenters. The maximum absolute atomic E-state index is 12.7. The first-order valence-corrected chi connectivity index (χ1v) is 8.43. The van der Waals surface area contributed by atoms with Crippen molar-refractivity contribution in [3.05, 3.63) is 48.3 Å². The number of pyridine rings is 1. The van der Waals surface area contributed by atoms with Gasteiger partial charge in [-0.25, -0.2) is 0 Å². The third-order valence-corrected chi connectivity index (χ3v) is 4.23. The normalized spacial score (nSPS) is 14.8. The SMILES string of the molecule is COc1cccc(Nc2ccnc(C(=O)N3CCCCCC3)c2)c1. The lowest BCUT2D eigenvalue weighted by molar-refractivity contribution is 0.0756. The summed E-state index contributed by atoms with van der Waals surface area (Å²) in [6, 6.07) is 11.4. The predicted octanol–water partition coefficient (Wildman–Crippen LogP) is 3.85. The monoisotopic (exact) mass is 325 g/mol. The van der Waals surface area contributed by atoms with Gasteiger partial charge in [0, 0.05) is 36.7 Å². The third kappa shape index (κ3) is 4.04. The summed E-state index contributed by atoms with van der Waals surface area (Å²) in [7, 11) is 1.64. The first-order valence-electron chi connectivity index (χ1n) is 8.43. The minimum atomic E-state index is 0.0196. The van der Waals surface area contributed by atoms with Crippen molar-refractivity contribution in [1.29, 1.82) is 0 Å². The van der Waals surface area contributed by atoms with Gasteiger partial charge < -0.3 is 15.0 Å². The number of carbonyl (C=O) groups excluding carboxylic acids is 1. The van der Waals surface area contributed by atoms with Crippen molar-refractivity contribution in [1.82, 2.24) is 9.88 Å². The summed E-state index contributed by atoms with van der Waals surface area (Å²) in [4.78, 5) is 18.9. The summed E-state index contributed by atoms with van der Waals surface area (Å²) < 4.78 is 5.23. The van der Waals surface area contributed by atoms with Gasteiger partial charge in [-0.3, -0.25) is 9.78 Å². The Labute approximate surface area is 142 Å². The molecule has 0 radical (unpaired) electrons. The molecular formula is C19H23N3O2. The number of ether oxygens (including phenoxy) is 1. The van der Waals surface area contributed by atoms with E-state index in [0.717, 1.165) is 43.1 Å². The van der Waals surface area contributed by atoms with Gasteiger partial charge in [0.2, 0.25) is 0 Å². The molecule has 5 nitrogen and oxygen atoms in total. The van der Waals surface area contributed by atoms with Gasteiger partial charge in [0.1, 0.15) is 11.4 Å². The molecule has 1 saturated heterocycles. The molecule has 0 aliphatic carbocycles. The first kappa shape index (κ1) is 16.3. The molecule has 1 fully saturated rings. The predicted molar refractivity (Wildman–Crippen MR) is 94.9 cm³/mol. The van der Waals surface area contributed by atoms with E-state index in [1.165, 1.54) is 12.8 Å². The Morgan fingerprint density at radius 1 is 1.08 bits per heavy atom. The van der Waals surface area contributed by atoms with Crippen LogP contribution in [-0.2, 0) is 0 Å². The summed E-state index contributed by atoms with van der Waals surface area (Å²) in [6.45, 7) is 1.65. The average Bonchev–Trinajstić information content (AvgIpc) is 2.91. The Hall–Kier alpha value is -2.56. The van der Waals surface area contributed by atoms with Crippen molar-refractivity contribution in [2.24, 2.45) is 0 Å². The molecule has 24 heavy (non-hydrogen) atoms. The van der Waals surface area contributed by atoms with Gasteiger partial charge >= 0.3 is 0 Å². The molecule has 1 amide bonds. The number of hydrogen-bond acceptors (Lipinski definition) is 4. The Morgan fingerprint density at radius 2 is 1.83 bits per heavy atom. The highest BCUT2D eigenvalue weighted by Crippen LogP contribution is 2.22. The number of methoxy groups -OCH3 is 1. The summed E-state index contributed by atoms with van der Waals surface area (Å²) in [5.74, 6) is 0.807. The molecule has 0 spiro atoms. The van der Waals surface area contributed by atoms with Crippen molar-refractivity contribution >= 4 is 17.3 Å². The molecule has 0 saturated carbocycles. The van der Waals surface area contributed by atoms with Crippen LogP contribution in [0.4, 0.5) is 11.4 Å². The van der Waals surface area contributed by atoms with E-state index in [4.69, 9.17) is 4.74 Å². The van der Waals surface area contributed by atoms with Crippen molar-refractivity contribution in [3.8, 4) is 5.75 Å². The van der Waals surface area contributed by atoms with Crippen LogP contribution in [0.1, 0.15) is 36.2 Å². The molecule has 3 rings (SSSR count). The van der Waals surface area contributed by atoms with Gasteiger partial charge in [-0.1, -0.05) is 18.9 Å². The second-order valence-electron chi connectivity index (χ2n) is 5.99. The van der Waals surface area contributed by atoms with Crippen LogP contribution in [0, 0.1) is 0 Å². The molecule has 1 aliphatic heterocycles. The lowest BCUT2D eigenvalue weighted by Crippen LogP contribution is -2.32. The molecule has 1 aromatic heterocycles. The van der Waals surface area contributed by atoms with Crippen molar-refractivity contribution < 1.29 is 9.53 Å². The molecule has 0 unspecified atom stereocenters. The van der Waals surface area contributed by atoms with E-state index in [0.29, 0.717) is 5.69 Å². The number of rotatable bonds is 4. The number of likely N-dealkylation sites (tertiary alicyclic amines) is 1. The zero-order valence-electron chi connectivity index (χ0n) is 14.0. The molecule has 1 aromatic carbocycles. The number of amides is 1. The van der Waals surface area contributed by atoms with Crippen LogP contribution >= 0.6 is 0 Å². The second kappa shape index (κ2) is 7.81. The Kier molecular flexibility index (Phi) is 5.31. The van der Waals surface area contributed by atoms with E-state index in [-0.39, 0.29) is 5.91 Å². The summed E-state index contributed by atoms with van der Waals surface area (Å²) in [5.41, 5.74) is 2.25. The maximum atomic E-state index is 12.7. The summed E-state index contributed by atoms with van der Waals surface area (Å²) in [5, 5.41) is 3.30. The lowest BCUT2D eigenvalue weighted by atomic mass is 10.2.